The second kappa shape index (κ2) is 6.94. The van der Waals surface area contributed by atoms with Crippen molar-refractivity contribution < 1.29 is 27.5 Å². The van der Waals surface area contributed by atoms with Gasteiger partial charge in [0, 0.05) is 6.07 Å². The van der Waals surface area contributed by atoms with E-state index in [2.05, 4.69) is 0 Å². The SMILES string of the molecule is CC(C)Oc1cc(S(=O)(=O)C(C)C)cc2c(=O)c3cc(C(=O)O)ccc3oc12. The van der Waals surface area contributed by atoms with E-state index in [9.17, 15) is 23.1 Å². The highest BCUT2D eigenvalue weighted by atomic mass is 32.2. The summed E-state index contributed by atoms with van der Waals surface area (Å²) in [5.41, 5.74) is -0.273. The third-order valence-electron chi connectivity index (χ3n) is 4.27. The van der Waals surface area contributed by atoms with Gasteiger partial charge in [0.05, 0.1) is 32.6 Å². The zero-order chi connectivity index (χ0) is 20.8. The lowest BCUT2D eigenvalue weighted by Crippen LogP contribution is -2.16. The molecular formula is C20H20O7S. The van der Waals surface area contributed by atoms with Crippen molar-refractivity contribution in [3.63, 3.8) is 0 Å². The lowest BCUT2D eigenvalue weighted by Gasteiger charge is -2.15. The van der Waals surface area contributed by atoms with E-state index < -0.39 is 26.5 Å². The van der Waals surface area contributed by atoms with Gasteiger partial charge < -0.3 is 14.3 Å². The Bertz CT molecular complexity index is 1250. The number of hydrogen-bond acceptors (Lipinski definition) is 6. The minimum Gasteiger partial charge on any atom is -0.487 e. The molecule has 28 heavy (non-hydrogen) atoms. The smallest absolute Gasteiger partial charge is 0.335 e. The first-order valence-electron chi connectivity index (χ1n) is 8.71. The number of aromatic carboxylic acids is 1. The summed E-state index contributed by atoms with van der Waals surface area (Å²) < 4.78 is 36.9. The van der Waals surface area contributed by atoms with Gasteiger partial charge in [-0.3, -0.25) is 4.79 Å². The fourth-order valence-corrected chi connectivity index (χ4v) is 3.91. The third-order valence-corrected chi connectivity index (χ3v) is 6.40. The van der Waals surface area contributed by atoms with Gasteiger partial charge in [-0.2, -0.15) is 0 Å². The van der Waals surface area contributed by atoms with Crippen LogP contribution in [0.5, 0.6) is 5.75 Å². The molecule has 0 radical (unpaired) electrons. The van der Waals surface area contributed by atoms with Gasteiger partial charge in [0.1, 0.15) is 5.58 Å². The van der Waals surface area contributed by atoms with Gasteiger partial charge in [0.25, 0.3) is 0 Å². The number of fused-ring (bicyclic) bond motifs is 2. The maximum absolute atomic E-state index is 13.0. The van der Waals surface area contributed by atoms with Crippen molar-refractivity contribution in [2.24, 2.45) is 0 Å². The highest BCUT2D eigenvalue weighted by molar-refractivity contribution is 7.92. The van der Waals surface area contributed by atoms with Crippen molar-refractivity contribution in [2.75, 3.05) is 0 Å². The third kappa shape index (κ3) is 3.35. The number of sulfone groups is 1. The summed E-state index contributed by atoms with van der Waals surface area (Å²) in [6.07, 6.45) is -0.282. The molecular weight excluding hydrogens is 384 g/mol. The molecule has 0 amide bonds. The van der Waals surface area contributed by atoms with Crippen LogP contribution in [0.25, 0.3) is 21.9 Å². The van der Waals surface area contributed by atoms with Crippen LogP contribution in [0.3, 0.4) is 0 Å². The second-order valence-electron chi connectivity index (χ2n) is 7.01. The Balaban J connectivity index is 2.45. The molecule has 0 saturated carbocycles. The zero-order valence-corrected chi connectivity index (χ0v) is 16.7. The normalized spacial score (nSPS) is 12.2. The molecule has 0 aliphatic heterocycles. The number of benzene rings is 2. The Kier molecular flexibility index (Phi) is 4.93. The van der Waals surface area contributed by atoms with E-state index in [1.54, 1.807) is 27.7 Å². The molecule has 1 heterocycles. The first-order valence-corrected chi connectivity index (χ1v) is 10.3. The van der Waals surface area contributed by atoms with Crippen molar-refractivity contribution in [3.8, 4) is 5.75 Å². The summed E-state index contributed by atoms with van der Waals surface area (Å²) in [5.74, 6) is -1.03. The quantitative estimate of drug-likeness (QED) is 0.647. The monoisotopic (exact) mass is 404 g/mol. The van der Waals surface area contributed by atoms with E-state index >= 15 is 0 Å². The van der Waals surface area contributed by atoms with Gasteiger partial charge in [0.15, 0.2) is 21.2 Å². The van der Waals surface area contributed by atoms with Gasteiger partial charge in [0.2, 0.25) is 5.43 Å². The van der Waals surface area contributed by atoms with Crippen LogP contribution in [0.15, 0.2) is 44.4 Å². The van der Waals surface area contributed by atoms with Crippen molar-refractivity contribution in [1.82, 2.24) is 0 Å². The molecule has 8 heteroatoms. The standard InChI is InChI=1S/C20H20O7S/c1-10(2)26-17-9-13(28(24,25)11(3)4)8-15-18(21)14-7-12(20(22)23)5-6-16(14)27-19(15)17/h5-11H,1-4H3,(H,22,23). The molecule has 148 valence electrons. The predicted octanol–water partition coefficient (Wildman–Crippen LogP) is 3.61. The molecule has 1 N–H and O–H groups in total. The van der Waals surface area contributed by atoms with Gasteiger partial charge in [-0.05, 0) is 52.0 Å². The van der Waals surface area contributed by atoms with E-state index in [1.165, 1.54) is 30.3 Å². The van der Waals surface area contributed by atoms with Crippen LogP contribution in [0, 0.1) is 0 Å². The lowest BCUT2D eigenvalue weighted by atomic mass is 10.1. The summed E-state index contributed by atoms with van der Waals surface area (Å²) in [6, 6.07) is 6.57. The van der Waals surface area contributed by atoms with Crippen LogP contribution in [-0.2, 0) is 9.84 Å². The zero-order valence-electron chi connectivity index (χ0n) is 15.8. The van der Waals surface area contributed by atoms with Crippen LogP contribution in [0.1, 0.15) is 38.1 Å². The second-order valence-corrected chi connectivity index (χ2v) is 9.51. The number of hydrogen-bond donors (Lipinski definition) is 1. The first-order chi connectivity index (χ1) is 13.0. The predicted molar refractivity (Wildman–Crippen MR) is 105 cm³/mol. The Morgan fingerprint density at radius 1 is 1.07 bits per heavy atom. The van der Waals surface area contributed by atoms with Gasteiger partial charge in [-0.15, -0.1) is 0 Å². The van der Waals surface area contributed by atoms with E-state index in [4.69, 9.17) is 9.15 Å². The maximum Gasteiger partial charge on any atom is 0.335 e. The number of carboxylic acid groups (broad SMARTS) is 1. The van der Waals surface area contributed by atoms with Crippen LogP contribution < -0.4 is 10.2 Å². The molecule has 0 spiro atoms. The number of carboxylic acids is 1. The van der Waals surface area contributed by atoms with Crippen LogP contribution in [0.2, 0.25) is 0 Å². The van der Waals surface area contributed by atoms with E-state index in [0.29, 0.717) is 0 Å². The average molecular weight is 404 g/mol. The average Bonchev–Trinajstić information content (AvgIpc) is 2.61. The summed E-state index contributed by atoms with van der Waals surface area (Å²) in [4.78, 5) is 24.2. The summed E-state index contributed by atoms with van der Waals surface area (Å²) in [6.45, 7) is 6.64. The van der Waals surface area contributed by atoms with Crippen LogP contribution in [0.4, 0.5) is 0 Å². The fourth-order valence-electron chi connectivity index (χ4n) is 2.81. The van der Waals surface area contributed by atoms with Crippen molar-refractivity contribution in [1.29, 1.82) is 0 Å². The Hall–Kier alpha value is -2.87. The maximum atomic E-state index is 13.0. The van der Waals surface area contributed by atoms with Gasteiger partial charge in [-0.1, -0.05) is 0 Å². The number of carbonyl (C=O) groups is 1. The van der Waals surface area contributed by atoms with E-state index in [-0.39, 0.29) is 44.3 Å². The fraction of sp³-hybridized carbons (Fsp3) is 0.300. The highest BCUT2D eigenvalue weighted by Gasteiger charge is 2.24. The van der Waals surface area contributed by atoms with Crippen LogP contribution in [-0.4, -0.2) is 30.8 Å². The molecule has 1 aromatic heterocycles. The Labute approximate surface area is 161 Å². The van der Waals surface area contributed by atoms with E-state index in [1.807, 2.05) is 0 Å². The molecule has 0 fully saturated rings. The van der Waals surface area contributed by atoms with Gasteiger partial charge >= 0.3 is 5.97 Å². The molecule has 0 unspecified atom stereocenters. The molecule has 0 aliphatic rings. The molecule has 3 aromatic rings. The molecule has 2 aromatic carbocycles. The molecule has 0 saturated heterocycles. The first kappa shape index (κ1) is 19.9. The largest absolute Gasteiger partial charge is 0.487 e. The topological polar surface area (TPSA) is 111 Å². The summed E-state index contributed by atoms with van der Waals surface area (Å²) in [5, 5.41) is 8.56. The van der Waals surface area contributed by atoms with Crippen molar-refractivity contribution >= 4 is 37.7 Å². The highest BCUT2D eigenvalue weighted by Crippen LogP contribution is 2.32. The van der Waals surface area contributed by atoms with Crippen molar-refractivity contribution in [2.45, 2.75) is 43.9 Å². The van der Waals surface area contributed by atoms with Gasteiger partial charge in [-0.25, -0.2) is 13.2 Å². The molecule has 0 aliphatic carbocycles. The Morgan fingerprint density at radius 2 is 1.75 bits per heavy atom. The molecule has 0 bridgehead atoms. The molecule has 7 nitrogen and oxygen atoms in total. The summed E-state index contributed by atoms with van der Waals surface area (Å²) >= 11 is 0. The minimum absolute atomic E-state index is 0.0208. The lowest BCUT2D eigenvalue weighted by molar-refractivity contribution is 0.0697. The Morgan fingerprint density at radius 3 is 2.32 bits per heavy atom. The van der Waals surface area contributed by atoms with Crippen LogP contribution >= 0.6 is 0 Å². The van der Waals surface area contributed by atoms with E-state index in [0.717, 1.165) is 0 Å². The number of ether oxygens (including phenoxy) is 1. The molecule has 0 atom stereocenters. The number of rotatable bonds is 5. The van der Waals surface area contributed by atoms with Crippen molar-refractivity contribution in [3.05, 3.63) is 46.1 Å². The minimum atomic E-state index is -3.67. The summed E-state index contributed by atoms with van der Waals surface area (Å²) in [7, 11) is -3.67. The molecule has 3 rings (SSSR count).